The van der Waals surface area contributed by atoms with Crippen molar-refractivity contribution in [2.24, 2.45) is 5.73 Å². The van der Waals surface area contributed by atoms with Crippen molar-refractivity contribution in [1.29, 1.82) is 0 Å². The van der Waals surface area contributed by atoms with Gasteiger partial charge in [0.2, 0.25) is 5.91 Å². The van der Waals surface area contributed by atoms with Gasteiger partial charge in [0.1, 0.15) is 5.76 Å². The van der Waals surface area contributed by atoms with Crippen LogP contribution in [0.1, 0.15) is 37.5 Å². The number of hydrogen-bond donors (Lipinski definition) is 3. The molecule has 2 heterocycles. The Morgan fingerprint density at radius 3 is 2.68 bits per heavy atom. The molecule has 1 aliphatic heterocycles. The van der Waals surface area contributed by atoms with E-state index in [2.05, 4.69) is 15.5 Å². The summed E-state index contributed by atoms with van der Waals surface area (Å²) in [5.41, 5.74) is 4.96. The zero-order valence-corrected chi connectivity index (χ0v) is 12.7. The van der Waals surface area contributed by atoms with Gasteiger partial charge in [0.05, 0.1) is 12.3 Å². The van der Waals surface area contributed by atoms with Crippen molar-refractivity contribution in [3.05, 3.63) is 24.2 Å². The maximum atomic E-state index is 11.8. The van der Waals surface area contributed by atoms with Gasteiger partial charge in [-0.15, -0.1) is 0 Å². The number of carbonyl (C=O) groups excluding carboxylic acids is 2. The first-order valence-electron chi connectivity index (χ1n) is 7.74. The van der Waals surface area contributed by atoms with E-state index >= 15 is 0 Å². The summed E-state index contributed by atoms with van der Waals surface area (Å²) in [6.07, 6.45) is 5.48. The Kier molecular flexibility index (Phi) is 6.27. The molecule has 1 aromatic rings. The normalized spacial score (nSPS) is 16.9. The quantitative estimate of drug-likeness (QED) is 0.699. The number of hydrogen-bond acceptors (Lipinski definition) is 4. The van der Waals surface area contributed by atoms with Crippen LogP contribution in [0.15, 0.2) is 22.8 Å². The number of piperidine rings is 1. The topological polar surface area (TPSA) is 101 Å². The van der Waals surface area contributed by atoms with Gasteiger partial charge in [-0.2, -0.15) is 0 Å². The fourth-order valence-corrected chi connectivity index (χ4v) is 2.72. The van der Waals surface area contributed by atoms with Gasteiger partial charge in [0, 0.05) is 19.5 Å². The van der Waals surface area contributed by atoms with Crippen LogP contribution >= 0.6 is 0 Å². The lowest BCUT2D eigenvalue weighted by molar-refractivity contribution is -0.121. The fraction of sp³-hybridized carbons (Fsp3) is 0.600. The molecule has 0 aliphatic carbocycles. The van der Waals surface area contributed by atoms with Crippen LogP contribution in [0.4, 0.5) is 4.79 Å². The molecule has 0 saturated carbocycles. The van der Waals surface area contributed by atoms with E-state index in [9.17, 15) is 9.59 Å². The second kappa shape index (κ2) is 8.43. The average molecular weight is 308 g/mol. The zero-order valence-electron chi connectivity index (χ0n) is 12.7. The average Bonchev–Trinajstić information content (AvgIpc) is 3.02. The van der Waals surface area contributed by atoms with Crippen LogP contribution in [0.2, 0.25) is 0 Å². The van der Waals surface area contributed by atoms with Crippen molar-refractivity contribution in [3.8, 4) is 0 Å². The van der Waals surface area contributed by atoms with Crippen molar-refractivity contribution in [3.63, 3.8) is 0 Å². The molecule has 0 radical (unpaired) electrons. The minimum atomic E-state index is -0.616. The van der Waals surface area contributed by atoms with Gasteiger partial charge in [-0.25, -0.2) is 4.79 Å². The van der Waals surface area contributed by atoms with E-state index in [1.807, 2.05) is 12.1 Å². The van der Waals surface area contributed by atoms with Gasteiger partial charge in [0.15, 0.2) is 0 Å². The molecule has 0 unspecified atom stereocenters. The van der Waals surface area contributed by atoms with Gasteiger partial charge in [-0.1, -0.05) is 6.42 Å². The van der Waals surface area contributed by atoms with E-state index in [0.29, 0.717) is 6.54 Å². The molecule has 7 heteroatoms. The number of nitrogens with zero attached hydrogens (tertiary/aromatic N) is 1. The number of primary amides is 1. The third-order valence-corrected chi connectivity index (χ3v) is 3.85. The van der Waals surface area contributed by atoms with Gasteiger partial charge < -0.3 is 20.8 Å². The Labute approximate surface area is 130 Å². The predicted molar refractivity (Wildman–Crippen MR) is 82.1 cm³/mol. The van der Waals surface area contributed by atoms with E-state index in [0.717, 1.165) is 18.8 Å². The van der Waals surface area contributed by atoms with Crippen LogP contribution in [0, 0.1) is 0 Å². The molecule has 122 valence electrons. The minimum absolute atomic E-state index is 0.0587. The summed E-state index contributed by atoms with van der Waals surface area (Å²) in [5, 5.41) is 5.31. The summed E-state index contributed by atoms with van der Waals surface area (Å²) in [7, 11) is 0. The summed E-state index contributed by atoms with van der Waals surface area (Å²) < 4.78 is 5.53. The number of nitrogens with one attached hydrogen (secondary N) is 2. The van der Waals surface area contributed by atoms with Crippen LogP contribution in [-0.4, -0.2) is 43.0 Å². The Morgan fingerprint density at radius 2 is 2.05 bits per heavy atom. The molecule has 1 atom stereocenters. The fourth-order valence-electron chi connectivity index (χ4n) is 2.72. The SMILES string of the molecule is NC(=O)NCCC(=O)NC[C@@H](c1ccco1)N1CCCCC1. The monoisotopic (exact) mass is 308 g/mol. The molecule has 3 amide bonds. The van der Waals surface area contributed by atoms with Crippen molar-refractivity contribution in [2.45, 2.75) is 31.7 Å². The summed E-state index contributed by atoms with van der Waals surface area (Å²) in [5.74, 6) is 0.764. The smallest absolute Gasteiger partial charge is 0.312 e. The Morgan fingerprint density at radius 1 is 1.27 bits per heavy atom. The second-order valence-electron chi connectivity index (χ2n) is 5.47. The highest BCUT2D eigenvalue weighted by Gasteiger charge is 2.24. The highest BCUT2D eigenvalue weighted by Crippen LogP contribution is 2.24. The Hall–Kier alpha value is -2.02. The number of likely N-dealkylation sites (tertiary alicyclic amines) is 1. The van der Waals surface area contributed by atoms with Crippen molar-refractivity contribution >= 4 is 11.9 Å². The molecule has 1 saturated heterocycles. The van der Waals surface area contributed by atoms with Gasteiger partial charge >= 0.3 is 6.03 Å². The Balaban J connectivity index is 1.84. The van der Waals surface area contributed by atoms with Crippen molar-refractivity contribution in [1.82, 2.24) is 15.5 Å². The summed E-state index contributed by atoms with van der Waals surface area (Å²) in [6.45, 7) is 2.79. The first-order valence-corrected chi connectivity index (χ1v) is 7.74. The largest absolute Gasteiger partial charge is 0.468 e. The van der Waals surface area contributed by atoms with E-state index < -0.39 is 6.03 Å². The third kappa shape index (κ3) is 5.07. The minimum Gasteiger partial charge on any atom is -0.468 e. The maximum absolute atomic E-state index is 11.8. The second-order valence-corrected chi connectivity index (χ2v) is 5.47. The Bertz CT molecular complexity index is 469. The lowest BCUT2D eigenvalue weighted by atomic mass is 10.1. The van der Waals surface area contributed by atoms with Crippen molar-refractivity contribution < 1.29 is 14.0 Å². The summed E-state index contributed by atoms with van der Waals surface area (Å²) in [6, 6.07) is 3.25. The number of nitrogens with two attached hydrogens (primary N) is 1. The number of amides is 3. The number of carbonyl (C=O) groups is 2. The first-order chi connectivity index (χ1) is 10.7. The maximum Gasteiger partial charge on any atom is 0.312 e. The van der Waals surface area contributed by atoms with Gasteiger partial charge in [-0.05, 0) is 38.1 Å². The molecule has 0 bridgehead atoms. The molecular formula is C15H24N4O3. The molecule has 1 fully saturated rings. The highest BCUT2D eigenvalue weighted by molar-refractivity contribution is 5.77. The number of furan rings is 1. The van der Waals surface area contributed by atoms with Crippen molar-refractivity contribution in [2.75, 3.05) is 26.2 Å². The zero-order chi connectivity index (χ0) is 15.8. The number of urea groups is 1. The highest BCUT2D eigenvalue weighted by atomic mass is 16.3. The van der Waals surface area contributed by atoms with E-state index in [1.54, 1.807) is 6.26 Å². The molecular weight excluding hydrogens is 284 g/mol. The summed E-state index contributed by atoms with van der Waals surface area (Å²) >= 11 is 0. The molecule has 0 aromatic carbocycles. The molecule has 2 rings (SSSR count). The van der Waals surface area contributed by atoms with Crippen LogP contribution in [0.5, 0.6) is 0 Å². The number of rotatable bonds is 7. The molecule has 1 aromatic heterocycles. The first kappa shape index (κ1) is 16.4. The molecule has 7 nitrogen and oxygen atoms in total. The standard InChI is InChI=1S/C15H24N4O3/c16-15(21)17-7-6-14(20)18-11-12(13-5-4-10-22-13)19-8-2-1-3-9-19/h4-5,10,12H,1-3,6-9,11H2,(H,18,20)(H3,16,17,21)/t12-/m0/s1. The van der Waals surface area contributed by atoms with Crippen LogP contribution in [0.25, 0.3) is 0 Å². The predicted octanol–water partition coefficient (Wildman–Crippen LogP) is 0.981. The molecule has 22 heavy (non-hydrogen) atoms. The van der Waals surface area contributed by atoms with E-state index in [-0.39, 0.29) is 24.9 Å². The molecule has 4 N–H and O–H groups in total. The van der Waals surface area contributed by atoms with E-state index in [1.165, 1.54) is 19.3 Å². The molecule has 1 aliphatic rings. The van der Waals surface area contributed by atoms with Crippen LogP contribution in [-0.2, 0) is 4.79 Å². The van der Waals surface area contributed by atoms with Crippen LogP contribution in [0.3, 0.4) is 0 Å². The molecule has 0 spiro atoms. The lowest BCUT2D eigenvalue weighted by Crippen LogP contribution is -2.41. The van der Waals surface area contributed by atoms with Gasteiger partial charge in [0.25, 0.3) is 0 Å². The van der Waals surface area contributed by atoms with Gasteiger partial charge in [-0.3, -0.25) is 9.69 Å². The lowest BCUT2D eigenvalue weighted by Gasteiger charge is -2.33. The van der Waals surface area contributed by atoms with E-state index in [4.69, 9.17) is 10.2 Å². The summed E-state index contributed by atoms with van der Waals surface area (Å²) in [4.78, 5) is 24.7. The third-order valence-electron chi connectivity index (χ3n) is 3.85. The van der Waals surface area contributed by atoms with Crippen LogP contribution < -0.4 is 16.4 Å².